The van der Waals surface area contributed by atoms with Gasteiger partial charge in [0.05, 0.1) is 51.5 Å². The fraction of sp³-hybridized carbons (Fsp3) is 0.185. The number of rotatable bonds is 9. The number of aromatic nitrogens is 1. The van der Waals surface area contributed by atoms with Gasteiger partial charge in [-0.25, -0.2) is 18.8 Å². The molecule has 2 heterocycles. The lowest BCUT2D eigenvalue weighted by atomic mass is 10.1. The van der Waals surface area contributed by atoms with Crippen LogP contribution >= 0.6 is 11.3 Å². The van der Waals surface area contributed by atoms with Crippen molar-refractivity contribution in [3.8, 4) is 17.2 Å². The van der Waals surface area contributed by atoms with Crippen molar-refractivity contribution in [1.82, 2.24) is 4.98 Å². The molecule has 2 aromatic heterocycles. The van der Waals surface area contributed by atoms with E-state index in [1.807, 2.05) is 24.3 Å². The van der Waals surface area contributed by atoms with Gasteiger partial charge in [-0.1, -0.05) is 18.2 Å². The monoisotopic (exact) mass is 569 g/mol. The minimum absolute atomic E-state index is 0.0137. The normalized spacial score (nSPS) is 10.5. The van der Waals surface area contributed by atoms with Crippen LogP contribution in [-0.2, 0) is 16.1 Å². The minimum Gasteiger partial charge on any atom is -0.495 e. The maximum Gasteiger partial charge on any atom is 0.349 e. The predicted molar refractivity (Wildman–Crippen MR) is 145 cm³/mol. The van der Waals surface area contributed by atoms with Crippen LogP contribution in [0.15, 0.2) is 48.0 Å². The van der Waals surface area contributed by atoms with E-state index in [4.69, 9.17) is 18.9 Å². The van der Waals surface area contributed by atoms with Crippen molar-refractivity contribution in [2.45, 2.75) is 6.61 Å². The molecular formula is C27H24FN3O8S. The smallest absolute Gasteiger partial charge is 0.349 e. The Kier molecular flexibility index (Phi) is 8.64. The van der Waals surface area contributed by atoms with Crippen LogP contribution in [0.3, 0.4) is 0 Å². The Labute approximate surface area is 231 Å². The largest absolute Gasteiger partial charge is 0.495 e. The number of ether oxygens (including phenoxy) is 5. The summed E-state index contributed by atoms with van der Waals surface area (Å²) >= 11 is 0.878. The maximum absolute atomic E-state index is 14.8. The molecule has 208 valence electrons. The number of nitrogens with zero attached hydrogens (tertiary/aromatic N) is 1. The summed E-state index contributed by atoms with van der Waals surface area (Å²) < 4.78 is 40.7. The number of carbonyl (C=O) groups is 3. The Bertz CT molecular complexity index is 1590. The van der Waals surface area contributed by atoms with E-state index < -0.39 is 23.8 Å². The minimum atomic E-state index is -0.887. The molecule has 4 rings (SSSR count). The number of nitrogens with one attached hydrogen (secondary N) is 2. The van der Waals surface area contributed by atoms with E-state index in [2.05, 4.69) is 20.4 Å². The highest BCUT2D eigenvalue weighted by Crippen LogP contribution is 2.34. The molecule has 0 radical (unpaired) electrons. The highest BCUT2D eigenvalue weighted by molar-refractivity contribution is 7.13. The SMILES string of the molecule is COC(=O)c1scc(NC(=O)Nc2cc(OCc3cccc4cc(OC)cnc34)c(OC)cc2F)c1C(=O)OC. The fourth-order valence-electron chi connectivity index (χ4n) is 3.76. The van der Waals surface area contributed by atoms with Gasteiger partial charge in [0.15, 0.2) is 17.3 Å². The summed E-state index contributed by atoms with van der Waals surface area (Å²) in [4.78, 5) is 41.4. The molecule has 0 aliphatic heterocycles. The van der Waals surface area contributed by atoms with Gasteiger partial charge in [0.25, 0.3) is 0 Å². The lowest BCUT2D eigenvalue weighted by Gasteiger charge is -2.15. The van der Waals surface area contributed by atoms with Gasteiger partial charge in [0.1, 0.15) is 22.8 Å². The summed E-state index contributed by atoms with van der Waals surface area (Å²) in [6.45, 7) is 0.0675. The molecule has 2 aromatic carbocycles. The van der Waals surface area contributed by atoms with Crippen LogP contribution in [0, 0.1) is 5.82 Å². The van der Waals surface area contributed by atoms with Gasteiger partial charge in [-0.05, 0) is 6.07 Å². The van der Waals surface area contributed by atoms with E-state index in [0.717, 1.165) is 42.6 Å². The number of fused-ring (bicyclic) bond motifs is 1. The number of carbonyl (C=O) groups excluding carboxylic acids is 3. The van der Waals surface area contributed by atoms with Crippen LogP contribution in [0.2, 0.25) is 0 Å². The number of para-hydroxylation sites is 1. The van der Waals surface area contributed by atoms with Gasteiger partial charge in [0, 0.05) is 28.5 Å². The first-order valence-corrected chi connectivity index (χ1v) is 12.5. The molecule has 13 heteroatoms. The van der Waals surface area contributed by atoms with Crippen molar-refractivity contribution in [3.05, 3.63) is 69.8 Å². The standard InChI is InChI=1S/C27H24FN3O8S/c1-35-16-8-14-6-5-7-15(23(14)29-11-16)12-39-21-10-18(17(28)9-20(21)36-2)30-27(34)31-19-13-40-24(26(33)38-4)22(19)25(32)37-3/h5-11,13H,12H2,1-4H3,(H2,30,31,34). The summed E-state index contributed by atoms with van der Waals surface area (Å²) in [5.41, 5.74) is 1.03. The molecule has 0 bridgehead atoms. The highest BCUT2D eigenvalue weighted by Gasteiger charge is 2.26. The highest BCUT2D eigenvalue weighted by atomic mass is 32.1. The Morgan fingerprint density at radius 2 is 1.68 bits per heavy atom. The number of thiophene rings is 1. The molecule has 0 aliphatic rings. The number of anilines is 2. The zero-order valence-corrected chi connectivity index (χ0v) is 22.6. The van der Waals surface area contributed by atoms with Gasteiger partial charge in [0.2, 0.25) is 0 Å². The third kappa shape index (κ3) is 5.89. The third-order valence-electron chi connectivity index (χ3n) is 5.69. The average Bonchev–Trinajstić information content (AvgIpc) is 3.39. The van der Waals surface area contributed by atoms with Crippen LogP contribution in [0.25, 0.3) is 10.9 Å². The van der Waals surface area contributed by atoms with Crippen molar-refractivity contribution in [2.24, 2.45) is 0 Å². The van der Waals surface area contributed by atoms with E-state index in [1.54, 1.807) is 13.3 Å². The van der Waals surface area contributed by atoms with E-state index in [0.29, 0.717) is 11.3 Å². The molecule has 0 aliphatic carbocycles. The number of hydrogen-bond acceptors (Lipinski definition) is 10. The summed E-state index contributed by atoms with van der Waals surface area (Å²) in [5, 5.41) is 7.02. The quantitative estimate of drug-likeness (QED) is 0.259. The molecule has 40 heavy (non-hydrogen) atoms. The summed E-state index contributed by atoms with van der Waals surface area (Å²) in [7, 11) is 5.20. The van der Waals surface area contributed by atoms with Crippen LogP contribution in [0.1, 0.15) is 25.6 Å². The molecule has 2 amide bonds. The van der Waals surface area contributed by atoms with Crippen molar-refractivity contribution in [2.75, 3.05) is 39.1 Å². The second-order valence-electron chi connectivity index (χ2n) is 8.05. The van der Waals surface area contributed by atoms with Gasteiger partial charge in [-0.2, -0.15) is 0 Å². The number of amides is 2. The first-order chi connectivity index (χ1) is 19.3. The first-order valence-electron chi connectivity index (χ1n) is 11.6. The average molecular weight is 570 g/mol. The Morgan fingerprint density at radius 3 is 2.38 bits per heavy atom. The van der Waals surface area contributed by atoms with Crippen LogP contribution in [0.4, 0.5) is 20.6 Å². The van der Waals surface area contributed by atoms with Crippen molar-refractivity contribution in [1.29, 1.82) is 0 Å². The first kappa shape index (κ1) is 28.1. The zero-order chi connectivity index (χ0) is 28.8. The van der Waals surface area contributed by atoms with Crippen molar-refractivity contribution < 1.29 is 42.5 Å². The van der Waals surface area contributed by atoms with Crippen molar-refractivity contribution >= 4 is 51.6 Å². The summed E-state index contributed by atoms with van der Waals surface area (Å²) in [5.74, 6) is -1.56. The molecule has 0 saturated carbocycles. The van der Waals surface area contributed by atoms with Crippen LogP contribution in [-0.4, -0.2) is 51.4 Å². The molecule has 0 fully saturated rings. The number of urea groups is 1. The number of hydrogen-bond donors (Lipinski definition) is 2. The molecule has 0 atom stereocenters. The molecule has 0 spiro atoms. The second-order valence-corrected chi connectivity index (χ2v) is 8.93. The van der Waals surface area contributed by atoms with Gasteiger partial charge < -0.3 is 34.3 Å². The van der Waals surface area contributed by atoms with Crippen LogP contribution in [0.5, 0.6) is 17.2 Å². The van der Waals surface area contributed by atoms with E-state index in [-0.39, 0.29) is 39.9 Å². The summed E-state index contributed by atoms with van der Waals surface area (Å²) in [6.07, 6.45) is 1.60. The Balaban J connectivity index is 1.55. The van der Waals surface area contributed by atoms with E-state index >= 15 is 0 Å². The fourth-order valence-corrected chi connectivity index (χ4v) is 4.67. The van der Waals surface area contributed by atoms with Gasteiger partial charge in [-0.3, -0.25) is 4.98 Å². The molecule has 11 nitrogen and oxygen atoms in total. The second kappa shape index (κ2) is 12.3. The zero-order valence-electron chi connectivity index (χ0n) is 21.8. The van der Waals surface area contributed by atoms with Crippen molar-refractivity contribution in [3.63, 3.8) is 0 Å². The Hall–Kier alpha value is -4.91. The molecule has 0 saturated heterocycles. The number of esters is 2. The molecule has 4 aromatic rings. The lowest BCUT2D eigenvalue weighted by Crippen LogP contribution is -2.22. The Morgan fingerprint density at radius 1 is 0.925 bits per heavy atom. The van der Waals surface area contributed by atoms with Gasteiger partial charge in [-0.15, -0.1) is 11.3 Å². The third-order valence-corrected chi connectivity index (χ3v) is 6.65. The van der Waals surface area contributed by atoms with Crippen LogP contribution < -0.4 is 24.8 Å². The van der Waals surface area contributed by atoms with E-state index in [1.165, 1.54) is 18.6 Å². The number of halogens is 1. The number of pyridine rings is 1. The lowest BCUT2D eigenvalue weighted by molar-refractivity contribution is 0.0561. The van der Waals surface area contributed by atoms with E-state index in [9.17, 15) is 18.8 Å². The predicted octanol–water partition coefficient (Wildman–Crippen LogP) is 5.25. The molecule has 2 N–H and O–H groups in total. The molecular weight excluding hydrogens is 545 g/mol. The summed E-state index contributed by atoms with van der Waals surface area (Å²) in [6, 6.07) is 8.87. The molecule has 0 unspecified atom stereocenters. The topological polar surface area (TPSA) is 134 Å². The van der Waals surface area contributed by atoms with Gasteiger partial charge >= 0.3 is 18.0 Å². The maximum atomic E-state index is 14.8. The number of benzene rings is 2. The number of methoxy groups -OCH3 is 4.